The molecule has 0 heterocycles. The molecule has 1 rings (SSSR count). The van der Waals surface area contributed by atoms with Crippen molar-refractivity contribution in [2.24, 2.45) is 5.73 Å². The summed E-state index contributed by atoms with van der Waals surface area (Å²) >= 11 is 0. The molecule has 0 saturated heterocycles. The van der Waals surface area contributed by atoms with Crippen LogP contribution < -0.4 is 5.73 Å². The molecule has 0 spiro atoms. The fourth-order valence-corrected chi connectivity index (χ4v) is 1.39. The van der Waals surface area contributed by atoms with Crippen molar-refractivity contribution >= 4 is 0 Å². The van der Waals surface area contributed by atoms with Gasteiger partial charge in [0.2, 0.25) is 0 Å². The Morgan fingerprint density at radius 1 is 1.13 bits per heavy atom. The molecular weight excluding hydrogens is 203 g/mol. The lowest BCUT2D eigenvalue weighted by Crippen LogP contribution is -2.12. The van der Waals surface area contributed by atoms with E-state index < -0.39 is 12.6 Å². The summed E-state index contributed by atoms with van der Waals surface area (Å²) < 4.78 is 35.6. The number of halogens is 3. The third kappa shape index (κ3) is 4.83. The van der Waals surface area contributed by atoms with Crippen molar-refractivity contribution in [2.45, 2.75) is 31.5 Å². The van der Waals surface area contributed by atoms with E-state index in [4.69, 9.17) is 5.73 Å². The molecule has 2 N–H and O–H groups in total. The number of benzene rings is 1. The van der Waals surface area contributed by atoms with E-state index in [0.29, 0.717) is 6.42 Å². The van der Waals surface area contributed by atoms with Crippen LogP contribution in [0, 0.1) is 0 Å². The summed E-state index contributed by atoms with van der Waals surface area (Å²) in [4.78, 5) is 0. The molecule has 0 fully saturated rings. The highest BCUT2D eigenvalue weighted by atomic mass is 19.4. The Morgan fingerprint density at radius 2 is 1.73 bits per heavy atom. The number of rotatable bonds is 4. The molecule has 0 bridgehead atoms. The Labute approximate surface area is 87.1 Å². The summed E-state index contributed by atoms with van der Waals surface area (Å²) in [7, 11) is 0. The minimum absolute atomic E-state index is 0.0829. The number of hydrogen-bond acceptors (Lipinski definition) is 1. The van der Waals surface area contributed by atoms with Crippen molar-refractivity contribution in [1.29, 1.82) is 0 Å². The van der Waals surface area contributed by atoms with Gasteiger partial charge >= 0.3 is 6.18 Å². The van der Waals surface area contributed by atoms with Gasteiger partial charge in [0.25, 0.3) is 0 Å². The highest BCUT2D eigenvalue weighted by Crippen LogP contribution is 2.25. The standard InChI is InChI=1S/C11H14F3N/c12-11(13,14)8-4-7-10(15)9-5-2-1-3-6-9/h1-3,5-6,10H,4,7-8,15H2. The van der Waals surface area contributed by atoms with Crippen molar-refractivity contribution in [1.82, 2.24) is 0 Å². The first-order chi connectivity index (χ1) is 6.99. The van der Waals surface area contributed by atoms with Gasteiger partial charge in [-0.3, -0.25) is 0 Å². The molecule has 84 valence electrons. The maximum Gasteiger partial charge on any atom is 0.389 e. The van der Waals surface area contributed by atoms with E-state index in [1.165, 1.54) is 0 Å². The van der Waals surface area contributed by atoms with Crippen LogP contribution in [0.3, 0.4) is 0 Å². The SMILES string of the molecule is NC(CCCC(F)(F)F)c1ccccc1. The Kier molecular flexibility index (Phi) is 4.15. The van der Waals surface area contributed by atoms with Crippen LogP contribution >= 0.6 is 0 Å². The van der Waals surface area contributed by atoms with Gasteiger partial charge in [0.15, 0.2) is 0 Å². The van der Waals surface area contributed by atoms with E-state index in [1.807, 2.05) is 30.3 Å². The average Bonchev–Trinajstić information content (AvgIpc) is 2.17. The topological polar surface area (TPSA) is 26.0 Å². The van der Waals surface area contributed by atoms with Crippen LogP contribution in [0.15, 0.2) is 30.3 Å². The molecule has 1 unspecified atom stereocenters. The molecular formula is C11H14F3N. The quantitative estimate of drug-likeness (QED) is 0.821. The molecule has 1 atom stereocenters. The Bertz CT molecular complexity index is 282. The molecule has 0 radical (unpaired) electrons. The molecule has 1 aromatic rings. The minimum atomic E-state index is -4.07. The second-order valence-corrected chi connectivity index (χ2v) is 3.52. The van der Waals surface area contributed by atoms with Crippen LogP contribution in [-0.2, 0) is 0 Å². The molecule has 0 saturated carbocycles. The smallest absolute Gasteiger partial charge is 0.324 e. The van der Waals surface area contributed by atoms with E-state index in [0.717, 1.165) is 5.56 Å². The second-order valence-electron chi connectivity index (χ2n) is 3.52. The summed E-state index contributed by atoms with van der Waals surface area (Å²) in [6.07, 6.45) is -4.38. The first kappa shape index (κ1) is 12.0. The third-order valence-electron chi connectivity index (χ3n) is 2.20. The van der Waals surface area contributed by atoms with Crippen LogP contribution in [0.25, 0.3) is 0 Å². The summed E-state index contributed by atoms with van der Waals surface area (Å²) in [6, 6.07) is 8.88. The van der Waals surface area contributed by atoms with E-state index in [1.54, 1.807) is 0 Å². The van der Waals surface area contributed by atoms with Gasteiger partial charge < -0.3 is 5.73 Å². The van der Waals surface area contributed by atoms with Gasteiger partial charge in [-0.15, -0.1) is 0 Å². The van der Waals surface area contributed by atoms with Gasteiger partial charge in [-0.2, -0.15) is 13.2 Å². The summed E-state index contributed by atoms with van der Waals surface area (Å²) in [6.45, 7) is 0. The zero-order chi connectivity index (χ0) is 11.3. The highest BCUT2D eigenvalue weighted by molar-refractivity contribution is 5.18. The molecule has 0 aliphatic heterocycles. The second kappa shape index (κ2) is 5.16. The van der Waals surface area contributed by atoms with Crippen molar-refractivity contribution in [3.8, 4) is 0 Å². The predicted octanol–water partition coefficient (Wildman–Crippen LogP) is 3.42. The van der Waals surface area contributed by atoms with Gasteiger partial charge in [0.05, 0.1) is 0 Å². The zero-order valence-electron chi connectivity index (χ0n) is 8.30. The molecule has 0 aliphatic rings. The van der Waals surface area contributed by atoms with E-state index in [9.17, 15) is 13.2 Å². The molecule has 15 heavy (non-hydrogen) atoms. The lowest BCUT2D eigenvalue weighted by atomic mass is 10.0. The molecule has 1 aromatic carbocycles. The van der Waals surface area contributed by atoms with Gasteiger partial charge in [-0.05, 0) is 18.4 Å². The van der Waals surface area contributed by atoms with Crippen LogP contribution in [0.5, 0.6) is 0 Å². The van der Waals surface area contributed by atoms with Crippen molar-refractivity contribution in [3.05, 3.63) is 35.9 Å². The van der Waals surface area contributed by atoms with Crippen LogP contribution in [0.4, 0.5) is 13.2 Å². The van der Waals surface area contributed by atoms with E-state index >= 15 is 0 Å². The summed E-state index contributed by atoms with van der Waals surface area (Å²) in [5.74, 6) is 0. The molecule has 0 aliphatic carbocycles. The first-order valence-electron chi connectivity index (χ1n) is 4.86. The summed E-state index contributed by atoms with van der Waals surface area (Å²) in [5.41, 5.74) is 6.65. The average molecular weight is 217 g/mol. The van der Waals surface area contributed by atoms with Crippen molar-refractivity contribution in [2.75, 3.05) is 0 Å². The molecule has 0 aromatic heterocycles. The maximum absolute atomic E-state index is 11.9. The lowest BCUT2D eigenvalue weighted by Gasteiger charge is -2.12. The van der Waals surface area contributed by atoms with Crippen molar-refractivity contribution < 1.29 is 13.2 Å². The normalized spacial score (nSPS) is 13.9. The van der Waals surface area contributed by atoms with Crippen LogP contribution in [-0.4, -0.2) is 6.18 Å². The van der Waals surface area contributed by atoms with Crippen molar-refractivity contribution in [3.63, 3.8) is 0 Å². The van der Waals surface area contributed by atoms with Crippen LogP contribution in [0.2, 0.25) is 0 Å². The van der Waals surface area contributed by atoms with Gasteiger partial charge in [-0.25, -0.2) is 0 Å². The Balaban J connectivity index is 2.34. The third-order valence-corrected chi connectivity index (χ3v) is 2.20. The maximum atomic E-state index is 11.9. The van der Waals surface area contributed by atoms with Gasteiger partial charge in [0, 0.05) is 12.5 Å². The monoisotopic (exact) mass is 217 g/mol. The minimum Gasteiger partial charge on any atom is -0.324 e. The number of alkyl halides is 3. The zero-order valence-corrected chi connectivity index (χ0v) is 8.30. The molecule has 1 nitrogen and oxygen atoms in total. The highest BCUT2D eigenvalue weighted by Gasteiger charge is 2.26. The molecule has 4 heteroatoms. The van der Waals surface area contributed by atoms with Gasteiger partial charge in [-0.1, -0.05) is 30.3 Å². The fraction of sp³-hybridized carbons (Fsp3) is 0.455. The largest absolute Gasteiger partial charge is 0.389 e. The molecule has 0 amide bonds. The van der Waals surface area contributed by atoms with E-state index in [-0.39, 0.29) is 12.5 Å². The Morgan fingerprint density at radius 3 is 2.27 bits per heavy atom. The number of hydrogen-bond donors (Lipinski definition) is 1. The lowest BCUT2D eigenvalue weighted by molar-refractivity contribution is -0.135. The predicted molar refractivity (Wildman–Crippen MR) is 53.3 cm³/mol. The Hall–Kier alpha value is -1.03. The van der Waals surface area contributed by atoms with E-state index in [2.05, 4.69) is 0 Å². The number of nitrogens with two attached hydrogens (primary N) is 1. The van der Waals surface area contributed by atoms with Gasteiger partial charge in [0.1, 0.15) is 0 Å². The first-order valence-corrected chi connectivity index (χ1v) is 4.86. The van der Waals surface area contributed by atoms with Crippen LogP contribution in [0.1, 0.15) is 30.9 Å². The fourth-order valence-electron chi connectivity index (χ4n) is 1.39. The summed E-state index contributed by atoms with van der Waals surface area (Å²) in [5, 5.41) is 0.